The molecule has 0 aromatic heterocycles. The number of carbonyl (C=O) groups is 1. The van der Waals surface area contributed by atoms with Crippen LogP contribution in [0.3, 0.4) is 0 Å². The molecule has 4 N–H and O–H groups in total. The van der Waals surface area contributed by atoms with Crippen molar-refractivity contribution in [3.8, 4) is 11.5 Å². The lowest BCUT2D eigenvalue weighted by Crippen LogP contribution is -2.44. The highest BCUT2D eigenvalue weighted by molar-refractivity contribution is 7.92. The van der Waals surface area contributed by atoms with Gasteiger partial charge in [-0.15, -0.1) is 0 Å². The second-order valence-electron chi connectivity index (χ2n) is 7.59. The fourth-order valence-corrected chi connectivity index (χ4v) is 4.93. The predicted octanol–water partition coefficient (Wildman–Crippen LogP) is 2.09. The van der Waals surface area contributed by atoms with Gasteiger partial charge in [-0.3, -0.25) is 4.79 Å². The molecular formula is C20H23FN2O5S. The van der Waals surface area contributed by atoms with E-state index in [9.17, 15) is 17.6 Å². The van der Waals surface area contributed by atoms with Crippen LogP contribution in [0.2, 0.25) is 0 Å². The first-order valence-electron chi connectivity index (χ1n) is 8.99. The molecule has 1 amide bonds. The van der Waals surface area contributed by atoms with Crippen LogP contribution in [-0.4, -0.2) is 31.9 Å². The lowest BCUT2D eigenvalue weighted by molar-refractivity contribution is -0.119. The van der Waals surface area contributed by atoms with E-state index in [0.717, 1.165) is 12.1 Å². The van der Waals surface area contributed by atoms with Gasteiger partial charge in [0, 0.05) is 17.5 Å². The molecule has 0 saturated carbocycles. The van der Waals surface area contributed by atoms with Gasteiger partial charge in [0.2, 0.25) is 0 Å². The number of ether oxygens (including phenoxy) is 2. The number of rotatable bonds is 6. The number of fused-ring (bicyclic) bond motifs is 1. The van der Waals surface area contributed by atoms with Crippen molar-refractivity contribution < 1.29 is 27.1 Å². The SMILES string of the molecule is CC1(C)CC(C(N)S(=O)(=O)c2ccc(F)cc2)c2ccc(OCC(N)=O)cc2O1. The van der Waals surface area contributed by atoms with Crippen molar-refractivity contribution in [1.82, 2.24) is 0 Å². The molecule has 9 heteroatoms. The average molecular weight is 422 g/mol. The highest BCUT2D eigenvalue weighted by Crippen LogP contribution is 2.45. The van der Waals surface area contributed by atoms with Crippen LogP contribution in [-0.2, 0) is 14.6 Å². The molecule has 0 bridgehead atoms. The molecular weight excluding hydrogens is 399 g/mol. The summed E-state index contributed by atoms with van der Waals surface area (Å²) in [6.45, 7) is 3.37. The molecule has 0 spiro atoms. The van der Waals surface area contributed by atoms with Crippen LogP contribution in [0.5, 0.6) is 11.5 Å². The van der Waals surface area contributed by atoms with Crippen LogP contribution in [0.4, 0.5) is 4.39 Å². The van der Waals surface area contributed by atoms with Crippen LogP contribution in [0.1, 0.15) is 31.7 Å². The molecule has 0 radical (unpaired) electrons. The third kappa shape index (κ3) is 4.51. The number of halogens is 1. The summed E-state index contributed by atoms with van der Waals surface area (Å²) in [5.41, 5.74) is 11.3. The smallest absolute Gasteiger partial charge is 0.255 e. The van der Waals surface area contributed by atoms with Gasteiger partial charge in [0.15, 0.2) is 16.4 Å². The third-order valence-electron chi connectivity index (χ3n) is 4.76. The normalized spacial score (nSPS) is 19.0. The van der Waals surface area contributed by atoms with Crippen LogP contribution < -0.4 is 20.9 Å². The van der Waals surface area contributed by atoms with E-state index in [4.69, 9.17) is 20.9 Å². The molecule has 0 aliphatic carbocycles. The molecule has 2 aromatic rings. The van der Waals surface area contributed by atoms with Crippen LogP contribution in [0.25, 0.3) is 0 Å². The average Bonchev–Trinajstić information content (AvgIpc) is 2.64. The summed E-state index contributed by atoms with van der Waals surface area (Å²) in [6, 6.07) is 9.45. The van der Waals surface area contributed by atoms with E-state index in [-0.39, 0.29) is 11.5 Å². The molecule has 2 atom stereocenters. The van der Waals surface area contributed by atoms with Gasteiger partial charge in [-0.25, -0.2) is 12.8 Å². The van der Waals surface area contributed by atoms with Crippen LogP contribution in [0.15, 0.2) is 47.4 Å². The lowest BCUT2D eigenvalue weighted by atomic mass is 9.84. The van der Waals surface area contributed by atoms with E-state index in [0.29, 0.717) is 23.5 Å². The first-order valence-corrected chi connectivity index (χ1v) is 10.5. The Bertz CT molecular complexity index is 1020. The zero-order valence-electron chi connectivity index (χ0n) is 16.1. The number of amides is 1. The van der Waals surface area contributed by atoms with E-state index < -0.39 is 38.5 Å². The Hall–Kier alpha value is -2.65. The maximum atomic E-state index is 13.2. The van der Waals surface area contributed by atoms with Gasteiger partial charge in [-0.1, -0.05) is 6.07 Å². The highest BCUT2D eigenvalue weighted by Gasteiger charge is 2.42. The zero-order chi connectivity index (χ0) is 21.4. The molecule has 2 unspecified atom stereocenters. The van der Waals surface area contributed by atoms with E-state index in [1.807, 2.05) is 13.8 Å². The molecule has 7 nitrogen and oxygen atoms in total. The summed E-state index contributed by atoms with van der Waals surface area (Å²) in [5.74, 6) is -0.909. The maximum absolute atomic E-state index is 13.2. The quantitative estimate of drug-likeness (QED) is 0.688. The molecule has 3 rings (SSSR count). The van der Waals surface area contributed by atoms with Gasteiger partial charge in [0.05, 0.1) is 4.90 Å². The molecule has 0 fully saturated rings. The Kier molecular flexibility index (Phi) is 5.55. The fourth-order valence-electron chi connectivity index (χ4n) is 3.42. The van der Waals surface area contributed by atoms with Gasteiger partial charge in [-0.05, 0) is 50.6 Å². The summed E-state index contributed by atoms with van der Waals surface area (Å²) in [7, 11) is -3.92. The number of nitrogens with two attached hydrogens (primary N) is 2. The topological polar surface area (TPSA) is 122 Å². The summed E-state index contributed by atoms with van der Waals surface area (Å²) in [4.78, 5) is 10.9. The van der Waals surface area contributed by atoms with Crippen molar-refractivity contribution in [3.63, 3.8) is 0 Å². The standard InChI is InChI=1S/C20H23FN2O5S/c1-20(2)10-16(19(23)29(25,26)14-6-3-12(21)4-7-14)15-8-5-13(9-17(15)28-20)27-11-18(22)24/h3-9,16,19H,10-11,23H2,1-2H3,(H2,22,24). The second-order valence-corrected chi connectivity index (χ2v) is 9.70. The highest BCUT2D eigenvalue weighted by atomic mass is 32.2. The van der Waals surface area contributed by atoms with Crippen molar-refractivity contribution in [3.05, 3.63) is 53.8 Å². The maximum Gasteiger partial charge on any atom is 0.255 e. The Morgan fingerprint density at radius 1 is 1.28 bits per heavy atom. The van der Waals surface area contributed by atoms with Gasteiger partial charge < -0.3 is 20.9 Å². The fraction of sp³-hybridized carbons (Fsp3) is 0.350. The van der Waals surface area contributed by atoms with Gasteiger partial charge in [0.1, 0.15) is 28.3 Å². The number of hydrogen-bond donors (Lipinski definition) is 2. The summed E-state index contributed by atoms with van der Waals surface area (Å²) in [6.07, 6.45) is 0.364. The molecule has 2 aromatic carbocycles. The number of primary amides is 1. The minimum absolute atomic E-state index is 0.0429. The van der Waals surface area contributed by atoms with E-state index >= 15 is 0 Å². The summed E-state index contributed by atoms with van der Waals surface area (Å²) in [5, 5.41) is -1.26. The lowest BCUT2D eigenvalue weighted by Gasteiger charge is -2.39. The van der Waals surface area contributed by atoms with Crippen molar-refractivity contribution in [2.75, 3.05) is 6.61 Å². The number of hydrogen-bond acceptors (Lipinski definition) is 6. The summed E-state index contributed by atoms with van der Waals surface area (Å²) < 4.78 is 50.6. The Balaban J connectivity index is 1.97. The molecule has 1 heterocycles. The third-order valence-corrected chi connectivity index (χ3v) is 6.73. The van der Waals surface area contributed by atoms with Gasteiger partial charge in [-0.2, -0.15) is 0 Å². The molecule has 1 aliphatic heterocycles. The Labute approximate surface area is 168 Å². The van der Waals surface area contributed by atoms with E-state index in [1.54, 1.807) is 18.2 Å². The van der Waals surface area contributed by atoms with E-state index in [1.165, 1.54) is 12.1 Å². The predicted molar refractivity (Wildman–Crippen MR) is 105 cm³/mol. The summed E-state index contributed by atoms with van der Waals surface area (Å²) >= 11 is 0. The van der Waals surface area contributed by atoms with Crippen molar-refractivity contribution in [2.24, 2.45) is 11.5 Å². The Morgan fingerprint density at radius 3 is 2.55 bits per heavy atom. The van der Waals surface area contributed by atoms with Crippen LogP contribution >= 0.6 is 0 Å². The molecule has 156 valence electrons. The molecule has 1 aliphatic rings. The van der Waals surface area contributed by atoms with Crippen molar-refractivity contribution >= 4 is 15.7 Å². The number of carbonyl (C=O) groups excluding carboxylic acids is 1. The van der Waals surface area contributed by atoms with Crippen molar-refractivity contribution in [1.29, 1.82) is 0 Å². The van der Waals surface area contributed by atoms with Crippen molar-refractivity contribution in [2.45, 2.75) is 42.1 Å². The van der Waals surface area contributed by atoms with Crippen LogP contribution in [0, 0.1) is 5.82 Å². The Morgan fingerprint density at radius 2 is 1.93 bits per heavy atom. The van der Waals surface area contributed by atoms with Gasteiger partial charge >= 0.3 is 0 Å². The zero-order valence-corrected chi connectivity index (χ0v) is 16.9. The second kappa shape index (κ2) is 7.64. The van der Waals surface area contributed by atoms with E-state index in [2.05, 4.69) is 0 Å². The monoisotopic (exact) mass is 422 g/mol. The number of benzene rings is 2. The molecule has 0 saturated heterocycles. The van der Waals surface area contributed by atoms with Gasteiger partial charge in [0.25, 0.3) is 5.91 Å². The molecule has 29 heavy (non-hydrogen) atoms. The minimum atomic E-state index is -3.92. The minimum Gasteiger partial charge on any atom is -0.487 e. The largest absolute Gasteiger partial charge is 0.487 e. The first kappa shape index (κ1) is 21.1. The first-order chi connectivity index (χ1) is 13.5. The number of sulfone groups is 1.